The van der Waals surface area contributed by atoms with Gasteiger partial charge in [-0.2, -0.15) is 0 Å². The Bertz CT molecular complexity index is 750. The van der Waals surface area contributed by atoms with Gasteiger partial charge in [0.1, 0.15) is 11.6 Å². The highest BCUT2D eigenvalue weighted by Crippen LogP contribution is 2.48. The molecule has 1 aliphatic carbocycles. The molecule has 5 nitrogen and oxygen atoms in total. The number of rotatable bonds is 2. The molecule has 1 aromatic carbocycles. The van der Waals surface area contributed by atoms with Gasteiger partial charge < -0.3 is 19.3 Å². The number of ether oxygens (including phenoxy) is 3. The zero-order chi connectivity index (χ0) is 18.5. The van der Waals surface area contributed by atoms with Crippen molar-refractivity contribution >= 4 is 11.5 Å². The molecule has 2 fully saturated rings. The molecule has 1 spiro atoms. The monoisotopic (exact) mass is 366 g/mol. The SMILES string of the molecule is CC1(O)OC(=O)C(c2c(F)cccc2F)=C1C1CCC2(CC1)OCCO2. The molecule has 0 bridgehead atoms. The lowest BCUT2D eigenvalue weighted by molar-refractivity contribution is -0.189. The molecule has 4 rings (SSSR count). The summed E-state index contributed by atoms with van der Waals surface area (Å²) in [6.45, 7) is 2.41. The van der Waals surface area contributed by atoms with Crippen LogP contribution in [0.3, 0.4) is 0 Å². The first-order valence-corrected chi connectivity index (χ1v) is 8.76. The molecule has 1 saturated carbocycles. The largest absolute Gasteiger partial charge is 0.426 e. The second-order valence-corrected chi connectivity index (χ2v) is 7.14. The summed E-state index contributed by atoms with van der Waals surface area (Å²) in [6.07, 6.45) is 2.28. The Balaban J connectivity index is 1.75. The fourth-order valence-electron chi connectivity index (χ4n) is 4.32. The van der Waals surface area contributed by atoms with Crippen LogP contribution in [0.5, 0.6) is 0 Å². The highest BCUT2D eigenvalue weighted by atomic mass is 19.1. The van der Waals surface area contributed by atoms with Crippen LogP contribution in [-0.4, -0.2) is 35.9 Å². The molecule has 3 aliphatic rings. The predicted molar refractivity (Wildman–Crippen MR) is 86.6 cm³/mol. The zero-order valence-corrected chi connectivity index (χ0v) is 14.4. The van der Waals surface area contributed by atoms with Crippen molar-refractivity contribution < 1.29 is 32.9 Å². The molecule has 0 amide bonds. The number of hydrogen-bond acceptors (Lipinski definition) is 5. The Morgan fingerprint density at radius 3 is 2.27 bits per heavy atom. The van der Waals surface area contributed by atoms with Crippen LogP contribution in [0, 0.1) is 17.6 Å². The van der Waals surface area contributed by atoms with E-state index < -0.39 is 34.7 Å². The molecule has 2 heterocycles. The van der Waals surface area contributed by atoms with Crippen molar-refractivity contribution in [2.24, 2.45) is 5.92 Å². The first-order valence-electron chi connectivity index (χ1n) is 8.76. The Kier molecular flexibility index (Phi) is 4.13. The molecule has 1 aromatic rings. The third kappa shape index (κ3) is 2.74. The molecule has 7 heteroatoms. The summed E-state index contributed by atoms with van der Waals surface area (Å²) >= 11 is 0. The summed E-state index contributed by atoms with van der Waals surface area (Å²) in [5.41, 5.74) is -0.418. The van der Waals surface area contributed by atoms with E-state index in [-0.39, 0.29) is 17.1 Å². The van der Waals surface area contributed by atoms with Crippen molar-refractivity contribution in [1.82, 2.24) is 0 Å². The second kappa shape index (κ2) is 6.11. The summed E-state index contributed by atoms with van der Waals surface area (Å²) in [5, 5.41) is 10.6. The van der Waals surface area contributed by atoms with Crippen LogP contribution in [0.4, 0.5) is 8.78 Å². The van der Waals surface area contributed by atoms with Gasteiger partial charge in [-0.15, -0.1) is 0 Å². The highest BCUT2D eigenvalue weighted by Gasteiger charge is 2.50. The van der Waals surface area contributed by atoms with Crippen molar-refractivity contribution in [3.8, 4) is 0 Å². The van der Waals surface area contributed by atoms with Crippen LogP contribution in [-0.2, 0) is 19.0 Å². The zero-order valence-electron chi connectivity index (χ0n) is 14.4. The van der Waals surface area contributed by atoms with Crippen molar-refractivity contribution in [1.29, 1.82) is 0 Å². The van der Waals surface area contributed by atoms with Gasteiger partial charge in [0.05, 0.1) is 24.4 Å². The molecule has 140 valence electrons. The predicted octanol–water partition coefficient (Wildman–Crippen LogP) is 2.92. The Morgan fingerprint density at radius 1 is 1.12 bits per heavy atom. The Hall–Kier alpha value is -1.83. The molecule has 1 saturated heterocycles. The van der Waals surface area contributed by atoms with Gasteiger partial charge in [-0.3, -0.25) is 0 Å². The molecule has 0 aromatic heterocycles. The molecule has 2 aliphatic heterocycles. The number of benzene rings is 1. The first kappa shape index (κ1) is 17.6. The summed E-state index contributed by atoms with van der Waals surface area (Å²) < 4.78 is 45.1. The topological polar surface area (TPSA) is 65.0 Å². The Morgan fingerprint density at radius 2 is 1.69 bits per heavy atom. The number of carbonyl (C=O) groups excluding carboxylic acids is 1. The fourth-order valence-corrected chi connectivity index (χ4v) is 4.32. The van der Waals surface area contributed by atoms with E-state index in [2.05, 4.69) is 0 Å². The van der Waals surface area contributed by atoms with Crippen LogP contribution in [0.25, 0.3) is 5.57 Å². The smallest absolute Gasteiger partial charge is 0.341 e. The van der Waals surface area contributed by atoms with Crippen molar-refractivity contribution in [2.45, 2.75) is 44.2 Å². The average Bonchev–Trinajstić information content (AvgIpc) is 3.11. The van der Waals surface area contributed by atoms with Gasteiger partial charge in [0.25, 0.3) is 0 Å². The minimum atomic E-state index is -1.90. The molecule has 1 unspecified atom stereocenters. The minimum absolute atomic E-state index is 0.209. The summed E-state index contributed by atoms with van der Waals surface area (Å²) in [5.74, 6) is -5.40. The van der Waals surface area contributed by atoms with Gasteiger partial charge in [0.15, 0.2) is 5.79 Å². The third-order valence-electron chi connectivity index (χ3n) is 5.45. The van der Waals surface area contributed by atoms with E-state index in [1.54, 1.807) is 0 Å². The first-order chi connectivity index (χ1) is 12.3. The van der Waals surface area contributed by atoms with Crippen LogP contribution in [0.1, 0.15) is 38.2 Å². The van der Waals surface area contributed by atoms with Crippen LogP contribution in [0.2, 0.25) is 0 Å². The van der Waals surface area contributed by atoms with E-state index in [4.69, 9.17) is 14.2 Å². The number of halogens is 2. The van der Waals surface area contributed by atoms with Gasteiger partial charge in [-0.25, -0.2) is 13.6 Å². The minimum Gasteiger partial charge on any atom is -0.426 e. The summed E-state index contributed by atoms with van der Waals surface area (Å²) in [6, 6.07) is 3.39. The lowest BCUT2D eigenvalue weighted by Gasteiger charge is -2.37. The average molecular weight is 366 g/mol. The maximum absolute atomic E-state index is 14.3. The van der Waals surface area contributed by atoms with Crippen LogP contribution in [0.15, 0.2) is 23.8 Å². The van der Waals surface area contributed by atoms with Crippen molar-refractivity contribution in [2.75, 3.05) is 13.2 Å². The summed E-state index contributed by atoms with van der Waals surface area (Å²) in [7, 11) is 0. The second-order valence-electron chi connectivity index (χ2n) is 7.14. The standard InChI is InChI=1S/C19H20F2O5/c1-18(23)16(11-5-7-19(8-6-11)24-9-10-25-19)15(17(22)26-18)14-12(20)3-2-4-13(14)21/h2-4,11,23H,5-10H2,1H3. The van der Waals surface area contributed by atoms with Gasteiger partial charge in [-0.05, 0) is 30.9 Å². The van der Waals surface area contributed by atoms with Gasteiger partial charge in [0, 0.05) is 25.3 Å². The number of cyclic esters (lactones) is 1. The van der Waals surface area contributed by atoms with Crippen LogP contribution >= 0.6 is 0 Å². The molecule has 1 N–H and O–H groups in total. The maximum atomic E-state index is 14.3. The number of aliphatic hydroxyl groups is 1. The molecule has 26 heavy (non-hydrogen) atoms. The molecule has 1 atom stereocenters. The van der Waals surface area contributed by atoms with E-state index in [1.165, 1.54) is 13.0 Å². The normalized spacial score (nSPS) is 28.8. The van der Waals surface area contributed by atoms with Gasteiger partial charge in [0.2, 0.25) is 5.79 Å². The van der Waals surface area contributed by atoms with Crippen molar-refractivity contribution in [3.63, 3.8) is 0 Å². The fraction of sp³-hybridized carbons (Fsp3) is 0.526. The van der Waals surface area contributed by atoms with Gasteiger partial charge >= 0.3 is 5.97 Å². The van der Waals surface area contributed by atoms with E-state index in [0.717, 1.165) is 12.1 Å². The van der Waals surface area contributed by atoms with E-state index in [1.807, 2.05) is 0 Å². The maximum Gasteiger partial charge on any atom is 0.341 e. The van der Waals surface area contributed by atoms with Crippen molar-refractivity contribution in [3.05, 3.63) is 41.0 Å². The molecular weight excluding hydrogens is 346 g/mol. The van der Waals surface area contributed by atoms with E-state index in [9.17, 15) is 18.7 Å². The lowest BCUT2D eigenvalue weighted by Crippen LogP contribution is -2.38. The van der Waals surface area contributed by atoms with E-state index in [0.29, 0.717) is 38.9 Å². The third-order valence-corrected chi connectivity index (χ3v) is 5.45. The number of esters is 1. The number of hydrogen-bond donors (Lipinski definition) is 1. The van der Waals surface area contributed by atoms with E-state index >= 15 is 0 Å². The molecule has 0 radical (unpaired) electrons. The lowest BCUT2D eigenvalue weighted by atomic mass is 9.76. The summed E-state index contributed by atoms with van der Waals surface area (Å²) in [4.78, 5) is 12.4. The Labute approximate surface area is 149 Å². The quantitative estimate of drug-likeness (QED) is 0.816. The number of carbonyl (C=O) groups is 1. The van der Waals surface area contributed by atoms with Gasteiger partial charge in [-0.1, -0.05) is 6.07 Å². The molecular formula is C19H20F2O5. The van der Waals surface area contributed by atoms with Crippen LogP contribution < -0.4 is 0 Å². The highest BCUT2D eigenvalue weighted by molar-refractivity contribution is 6.20.